The molecule has 0 aliphatic rings. The summed E-state index contributed by atoms with van der Waals surface area (Å²) in [6.07, 6.45) is 4.63. The lowest BCUT2D eigenvalue weighted by molar-refractivity contribution is 0.00688. The van der Waals surface area contributed by atoms with Crippen molar-refractivity contribution >= 4 is 11.8 Å². The van der Waals surface area contributed by atoms with Crippen LogP contribution in [0.5, 0.6) is 0 Å². The molecule has 2 heterocycles. The summed E-state index contributed by atoms with van der Waals surface area (Å²) in [4.78, 5) is 37.3. The lowest BCUT2D eigenvalue weighted by Gasteiger charge is -2.19. The smallest absolute Gasteiger partial charge is 0.340 e. The van der Waals surface area contributed by atoms with Crippen LogP contribution < -0.4 is 0 Å². The van der Waals surface area contributed by atoms with E-state index < -0.39 is 11.6 Å². The molecule has 0 unspecified atom stereocenters. The second-order valence-corrected chi connectivity index (χ2v) is 8.02. The van der Waals surface area contributed by atoms with Gasteiger partial charge in [0, 0.05) is 11.9 Å². The molecule has 30 heavy (non-hydrogen) atoms. The van der Waals surface area contributed by atoms with Crippen molar-refractivity contribution < 1.29 is 14.3 Å². The fourth-order valence-electron chi connectivity index (χ4n) is 2.87. The van der Waals surface area contributed by atoms with E-state index in [0.717, 1.165) is 18.5 Å². The molecule has 2 aromatic heterocycles. The molecule has 3 aromatic rings. The zero-order valence-electron chi connectivity index (χ0n) is 17.5. The second kappa shape index (κ2) is 9.39. The van der Waals surface area contributed by atoms with Crippen LogP contribution in [0.1, 0.15) is 58.6 Å². The van der Waals surface area contributed by atoms with Gasteiger partial charge in [-0.2, -0.15) is 0 Å². The van der Waals surface area contributed by atoms with E-state index in [0.29, 0.717) is 11.3 Å². The Hall–Kier alpha value is -3.41. The Morgan fingerprint density at radius 3 is 2.30 bits per heavy atom. The van der Waals surface area contributed by atoms with Crippen LogP contribution >= 0.6 is 0 Å². The first kappa shape index (κ1) is 21.3. The highest BCUT2D eigenvalue weighted by molar-refractivity contribution is 5.96. The third-order valence-corrected chi connectivity index (χ3v) is 4.32. The van der Waals surface area contributed by atoms with Gasteiger partial charge in [-0.1, -0.05) is 30.3 Å². The van der Waals surface area contributed by atoms with Gasteiger partial charge in [-0.05, 0) is 57.4 Å². The Labute approximate surface area is 176 Å². The number of benzene rings is 1. The van der Waals surface area contributed by atoms with E-state index in [1.807, 2.05) is 24.3 Å². The van der Waals surface area contributed by atoms with E-state index in [1.165, 1.54) is 18.1 Å². The summed E-state index contributed by atoms with van der Waals surface area (Å²) in [5.74, 6) is -0.633. The standard InChI is InChI=1S/C24H25N3O3/c1-24(2,3)30-23(29)18-10-12-21(25-15-18)22(28)14-20-13-19(26-16-27-20)11-9-17-7-5-4-6-8-17/h4-8,10,12-13,15-16H,9,11,14H2,1-3H3. The van der Waals surface area contributed by atoms with Gasteiger partial charge in [-0.15, -0.1) is 0 Å². The quantitative estimate of drug-likeness (QED) is 0.437. The van der Waals surface area contributed by atoms with Gasteiger partial charge in [0.1, 0.15) is 17.6 Å². The number of aromatic nitrogens is 3. The van der Waals surface area contributed by atoms with Crippen molar-refractivity contribution in [3.05, 3.63) is 89.3 Å². The maximum Gasteiger partial charge on any atom is 0.340 e. The van der Waals surface area contributed by atoms with E-state index in [4.69, 9.17) is 4.74 Å². The summed E-state index contributed by atoms with van der Waals surface area (Å²) in [6, 6.07) is 15.1. The molecule has 1 aromatic carbocycles. The summed E-state index contributed by atoms with van der Waals surface area (Å²) >= 11 is 0. The normalized spacial score (nSPS) is 11.2. The highest BCUT2D eigenvalue weighted by Crippen LogP contribution is 2.13. The first-order chi connectivity index (χ1) is 14.3. The third kappa shape index (κ3) is 6.30. The van der Waals surface area contributed by atoms with Crippen molar-refractivity contribution in [3.63, 3.8) is 0 Å². The van der Waals surface area contributed by atoms with Gasteiger partial charge in [0.15, 0.2) is 5.78 Å². The maximum absolute atomic E-state index is 12.6. The molecule has 154 valence electrons. The molecule has 0 N–H and O–H groups in total. The fourth-order valence-corrected chi connectivity index (χ4v) is 2.87. The Kier molecular flexibility index (Phi) is 6.67. The van der Waals surface area contributed by atoms with E-state index in [9.17, 15) is 9.59 Å². The number of aryl methyl sites for hydroxylation is 2. The van der Waals surface area contributed by atoms with Crippen LogP contribution in [0.2, 0.25) is 0 Å². The van der Waals surface area contributed by atoms with Crippen LogP contribution in [0.3, 0.4) is 0 Å². The third-order valence-electron chi connectivity index (χ3n) is 4.32. The first-order valence-electron chi connectivity index (χ1n) is 9.86. The number of ketones is 1. The fraction of sp³-hybridized carbons (Fsp3) is 0.292. The van der Waals surface area contributed by atoms with Gasteiger partial charge in [0.05, 0.1) is 17.7 Å². The number of hydrogen-bond donors (Lipinski definition) is 0. The molecule has 0 atom stereocenters. The van der Waals surface area contributed by atoms with E-state index >= 15 is 0 Å². The molecule has 0 radical (unpaired) electrons. The van der Waals surface area contributed by atoms with Gasteiger partial charge >= 0.3 is 5.97 Å². The zero-order chi connectivity index (χ0) is 21.6. The van der Waals surface area contributed by atoms with Crippen molar-refractivity contribution in [3.8, 4) is 0 Å². The summed E-state index contributed by atoms with van der Waals surface area (Å²) < 4.78 is 5.31. The molecule has 0 amide bonds. The molecular formula is C24H25N3O3. The predicted octanol–water partition coefficient (Wildman–Crippen LogP) is 4.04. The molecule has 0 bridgehead atoms. The molecular weight excluding hydrogens is 378 g/mol. The first-order valence-corrected chi connectivity index (χ1v) is 9.86. The Bertz CT molecular complexity index is 1010. The largest absolute Gasteiger partial charge is 0.456 e. The van der Waals surface area contributed by atoms with Crippen LogP contribution in [0.25, 0.3) is 0 Å². The van der Waals surface area contributed by atoms with Gasteiger partial charge in [-0.3, -0.25) is 9.78 Å². The number of hydrogen-bond acceptors (Lipinski definition) is 6. The molecule has 6 nitrogen and oxygen atoms in total. The number of esters is 1. The van der Waals surface area contributed by atoms with Gasteiger partial charge in [0.2, 0.25) is 0 Å². The maximum atomic E-state index is 12.6. The molecule has 3 rings (SSSR count). The molecule has 0 aliphatic carbocycles. The minimum Gasteiger partial charge on any atom is -0.456 e. The summed E-state index contributed by atoms with van der Waals surface area (Å²) in [7, 11) is 0. The average molecular weight is 403 g/mol. The number of carbonyl (C=O) groups is 2. The number of carbonyl (C=O) groups excluding carboxylic acids is 2. The van der Waals surface area contributed by atoms with Crippen molar-refractivity contribution in [2.75, 3.05) is 0 Å². The summed E-state index contributed by atoms with van der Waals surface area (Å²) in [5.41, 5.74) is 2.79. The zero-order valence-corrected chi connectivity index (χ0v) is 17.5. The van der Waals surface area contributed by atoms with Gasteiger partial charge in [0.25, 0.3) is 0 Å². The lowest BCUT2D eigenvalue weighted by Crippen LogP contribution is -2.24. The minimum atomic E-state index is -0.587. The average Bonchev–Trinajstić information content (AvgIpc) is 2.72. The second-order valence-electron chi connectivity index (χ2n) is 8.02. The minimum absolute atomic E-state index is 0.125. The molecule has 0 saturated heterocycles. The van der Waals surface area contributed by atoms with Gasteiger partial charge < -0.3 is 4.74 Å². The number of ether oxygens (including phenoxy) is 1. The topological polar surface area (TPSA) is 82.0 Å². The SMILES string of the molecule is CC(C)(C)OC(=O)c1ccc(C(=O)Cc2cc(CCc3ccccc3)ncn2)nc1. The van der Waals surface area contributed by atoms with Crippen molar-refractivity contribution in [1.82, 2.24) is 15.0 Å². The summed E-state index contributed by atoms with van der Waals surface area (Å²) in [5, 5.41) is 0. The molecule has 6 heteroatoms. The monoisotopic (exact) mass is 403 g/mol. The van der Waals surface area contributed by atoms with Gasteiger partial charge in [-0.25, -0.2) is 14.8 Å². The lowest BCUT2D eigenvalue weighted by atomic mass is 10.1. The van der Waals surface area contributed by atoms with Crippen LogP contribution in [0, 0.1) is 0 Å². The highest BCUT2D eigenvalue weighted by atomic mass is 16.6. The van der Waals surface area contributed by atoms with Crippen LogP contribution in [0.4, 0.5) is 0 Å². The molecule has 0 aliphatic heterocycles. The van der Waals surface area contributed by atoms with E-state index in [-0.39, 0.29) is 17.9 Å². The van der Waals surface area contributed by atoms with E-state index in [2.05, 4.69) is 27.1 Å². The molecule has 0 saturated carbocycles. The number of nitrogens with zero attached hydrogens (tertiary/aromatic N) is 3. The van der Waals surface area contributed by atoms with Crippen molar-refractivity contribution in [1.29, 1.82) is 0 Å². The van der Waals surface area contributed by atoms with Crippen LogP contribution in [-0.4, -0.2) is 32.3 Å². The Balaban J connectivity index is 1.61. The number of rotatable bonds is 7. The van der Waals surface area contributed by atoms with Crippen molar-refractivity contribution in [2.45, 2.75) is 45.6 Å². The highest BCUT2D eigenvalue weighted by Gasteiger charge is 2.19. The molecule has 0 fully saturated rings. The van der Waals surface area contributed by atoms with Crippen LogP contribution in [0.15, 0.2) is 61.1 Å². The number of Topliss-reactive ketones (excluding diaryl/α,β-unsaturated/α-hetero) is 1. The summed E-state index contributed by atoms with van der Waals surface area (Å²) in [6.45, 7) is 5.39. The predicted molar refractivity (Wildman–Crippen MR) is 113 cm³/mol. The van der Waals surface area contributed by atoms with Crippen molar-refractivity contribution in [2.24, 2.45) is 0 Å². The Morgan fingerprint density at radius 2 is 1.63 bits per heavy atom. The number of pyridine rings is 1. The van der Waals surface area contributed by atoms with Crippen LogP contribution in [-0.2, 0) is 24.0 Å². The van der Waals surface area contributed by atoms with E-state index in [1.54, 1.807) is 32.9 Å². The Morgan fingerprint density at radius 1 is 0.900 bits per heavy atom. The molecule has 0 spiro atoms.